The van der Waals surface area contributed by atoms with Crippen LogP contribution in [-0.2, 0) is 24.0 Å². The fourth-order valence-corrected chi connectivity index (χ4v) is 0.323. The molecular formula is C3H5BF2Li2O6. The van der Waals surface area contributed by atoms with Crippen LogP contribution in [0.25, 0.3) is 0 Å². The van der Waals surface area contributed by atoms with E-state index in [4.69, 9.17) is 5.11 Å². The number of carbonyl (C=O) groups is 2. The standard InChI is InChI=1S/C3H3BF2O6.2Li.2H/c5-11-4(12-6)10-3(9)1-2(7)8;;;;/h1H2,(H,7,8);;;;/q;2*+1;2*-1. The topological polar surface area (TPSA) is 82.1 Å². The van der Waals surface area contributed by atoms with Gasteiger partial charge in [0.15, 0.2) is 0 Å². The molecule has 0 fully saturated rings. The van der Waals surface area contributed by atoms with E-state index in [2.05, 4.69) is 14.4 Å². The van der Waals surface area contributed by atoms with Crippen LogP contribution in [-0.4, -0.2) is 24.4 Å². The minimum absolute atomic E-state index is 0. The van der Waals surface area contributed by atoms with Crippen LogP contribution in [0.1, 0.15) is 9.27 Å². The third-order valence-electron chi connectivity index (χ3n) is 0.669. The van der Waals surface area contributed by atoms with Crippen molar-refractivity contribution < 1.29 is 78.7 Å². The number of hydrogen-bond acceptors (Lipinski definition) is 5. The summed E-state index contributed by atoms with van der Waals surface area (Å²) in [6.45, 7) is 0. The van der Waals surface area contributed by atoms with Crippen LogP contribution >= 0.6 is 0 Å². The molecule has 0 atom stereocenters. The van der Waals surface area contributed by atoms with Crippen molar-refractivity contribution in [3.8, 4) is 0 Å². The van der Waals surface area contributed by atoms with Gasteiger partial charge in [-0.3, -0.25) is 9.59 Å². The molecule has 0 spiro atoms. The Morgan fingerprint density at radius 2 is 1.71 bits per heavy atom. The molecule has 0 aliphatic carbocycles. The maximum absolute atomic E-state index is 11.1. The molecule has 0 amide bonds. The number of aliphatic carboxylic acids is 1. The van der Waals surface area contributed by atoms with Gasteiger partial charge in [-0.2, -0.15) is 9.72 Å². The molecule has 6 nitrogen and oxygen atoms in total. The SMILES string of the molecule is O=C(O)CC(=O)OB(OF)OF.[H-].[H-].[Li+].[Li+]. The molecule has 11 heteroatoms. The molecule has 1 N–H and O–H groups in total. The van der Waals surface area contributed by atoms with Gasteiger partial charge in [-0.1, -0.05) is 9.05 Å². The fraction of sp³-hybridized carbons (Fsp3) is 0.333. The zero-order valence-electron chi connectivity index (χ0n) is 9.53. The third kappa shape index (κ3) is 10.1. The smallest absolute Gasteiger partial charge is 1.00 e. The molecule has 14 heavy (non-hydrogen) atoms. The van der Waals surface area contributed by atoms with E-state index in [1.54, 1.807) is 0 Å². The van der Waals surface area contributed by atoms with Gasteiger partial charge in [-0.15, -0.1) is 0 Å². The van der Waals surface area contributed by atoms with Crippen molar-refractivity contribution in [2.75, 3.05) is 0 Å². The zero-order chi connectivity index (χ0) is 9.56. The zero-order valence-corrected chi connectivity index (χ0v) is 7.53. The van der Waals surface area contributed by atoms with Crippen molar-refractivity contribution >= 4 is 19.3 Å². The molecule has 0 aliphatic rings. The number of rotatable bonds is 5. The average molecular weight is 200 g/mol. The molecule has 0 radical (unpaired) electrons. The van der Waals surface area contributed by atoms with E-state index in [1.165, 1.54) is 0 Å². The second kappa shape index (κ2) is 11.1. The molecule has 0 saturated carbocycles. The Balaban J connectivity index is -0.000000101. The predicted octanol–water partition coefficient (Wildman–Crippen LogP) is -5.98. The van der Waals surface area contributed by atoms with E-state index < -0.39 is 25.7 Å². The molecule has 0 rings (SSSR count). The van der Waals surface area contributed by atoms with Gasteiger partial charge in [0.05, 0.1) is 0 Å². The maximum Gasteiger partial charge on any atom is 1.00 e. The summed E-state index contributed by atoms with van der Waals surface area (Å²) < 4.78 is 25.8. The van der Waals surface area contributed by atoms with Gasteiger partial charge in [-0.05, 0) is 0 Å². The van der Waals surface area contributed by atoms with Gasteiger partial charge in [0.1, 0.15) is 6.42 Å². The second-order valence-corrected chi connectivity index (χ2v) is 1.53. The van der Waals surface area contributed by atoms with Crippen molar-refractivity contribution in [3.05, 3.63) is 0 Å². The molecule has 0 heterocycles. The Bertz CT molecular complexity index is 187. The molecule has 0 aromatic rings. The normalized spacial score (nSPS) is 7.86. The Morgan fingerprint density at radius 3 is 2.00 bits per heavy atom. The summed E-state index contributed by atoms with van der Waals surface area (Å²) >= 11 is 0. The van der Waals surface area contributed by atoms with Crippen LogP contribution in [0.5, 0.6) is 0 Å². The summed E-state index contributed by atoms with van der Waals surface area (Å²) in [4.78, 5) is 25.3. The summed E-state index contributed by atoms with van der Waals surface area (Å²) in [6, 6.07) is 0. The molecule has 0 unspecified atom stereocenters. The Kier molecular flexibility index (Phi) is 15.4. The van der Waals surface area contributed by atoms with Crippen molar-refractivity contribution in [1.29, 1.82) is 0 Å². The quantitative estimate of drug-likeness (QED) is 0.351. The van der Waals surface area contributed by atoms with Crippen molar-refractivity contribution in [2.24, 2.45) is 0 Å². The van der Waals surface area contributed by atoms with Gasteiger partial charge in [-0.25, -0.2) is 0 Å². The molecule has 0 bridgehead atoms. The van der Waals surface area contributed by atoms with Crippen LogP contribution in [0.4, 0.5) is 9.05 Å². The molecule has 0 saturated heterocycles. The number of carboxylic acid groups (broad SMARTS) is 1. The molecule has 72 valence electrons. The first-order chi connectivity index (χ1) is 5.60. The van der Waals surface area contributed by atoms with E-state index in [0.717, 1.165) is 0 Å². The van der Waals surface area contributed by atoms with Crippen molar-refractivity contribution in [2.45, 2.75) is 6.42 Å². The predicted molar refractivity (Wildman–Crippen MR) is 30.7 cm³/mol. The van der Waals surface area contributed by atoms with E-state index >= 15 is 0 Å². The number of hydrogen-bond donors (Lipinski definition) is 1. The van der Waals surface area contributed by atoms with Gasteiger partial charge >= 0.3 is 57.0 Å². The molecular weight excluding hydrogens is 195 g/mol. The van der Waals surface area contributed by atoms with Crippen LogP contribution in [0, 0.1) is 0 Å². The van der Waals surface area contributed by atoms with E-state index in [0.29, 0.717) is 0 Å². The van der Waals surface area contributed by atoms with Crippen LogP contribution in [0.15, 0.2) is 0 Å². The molecule has 0 aromatic heterocycles. The minimum atomic E-state index is -2.48. The molecule has 0 aromatic carbocycles. The van der Waals surface area contributed by atoms with Gasteiger partial charge in [0.2, 0.25) is 0 Å². The molecule has 0 aliphatic heterocycles. The Labute approximate surface area is 105 Å². The van der Waals surface area contributed by atoms with Crippen molar-refractivity contribution in [3.63, 3.8) is 0 Å². The van der Waals surface area contributed by atoms with E-state index in [9.17, 15) is 18.6 Å². The Hall–Kier alpha value is -0.0203. The minimum Gasteiger partial charge on any atom is -1.00 e. The first-order valence-corrected chi connectivity index (χ1v) is 2.56. The van der Waals surface area contributed by atoms with Crippen LogP contribution in [0.2, 0.25) is 0 Å². The van der Waals surface area contributed by atoms with Gasteiger partial charge < -0.3 is 12.6 Å². The summed E-state index contributed by atoms with van der Waals surface area (Å²) in [7, 11) is -2.48. The first-order valence-electron chi connectivity index (χ1n) is 2.56. The van der Waals surface area contributed by atoms with Crippen molar-refractivity contribution in [1.82, 2.24) is 0 Å². The first kappa shape index (κ1) is 19.5. The summed E-state index contributed by atoms with van der Waals surface area (Å²) in [5, 5.41) is 7.97. The third-order valence-corrected chi connectivity index (χ3v) is 0.669. The monoisotopic (exact) mass is 200 g/mol. The second-order valence-electron chi connectivity index (χ2n) is 1.53. The number of halogens is 2. The maximum atomic E-state index is 11.1. The van der Waals surface area contributed by atoms with Gasteiger partial charge in [0.25, 0.3) is 0 Å². The largest absolute Gasteiger partial charge is 1.00 e. The van der Waals surface area contributed by atoms with Gasteiger partial charge in [0, 0.05) is 0 Å². The number of carboxylic acids is 1. The van der Waals surface area contributed by atoms with Crippen LogP contribution in [0.3, 0.4) is 0 Å². The average Bonchev–Trinajstić information content (AvgIpc) is 1.98. The van der Waals surface area contributed by atoms with E-state index in [-0.39, 0.29) is 40.6 Å². The Morgan fingerprint density at radius 1 is 1.29 bits per heavy atom. The summed E-state index contributed by atoms with van der Waals surface area (Å²) in [5.74, 6) is -2.89. The fourth-order valence-electron chi connectivity index (χ4n) is 0.323. The van der Waals surface area contributed by atoms with Crippen LogP contribution < -0.4 is 37.7 Å². The summed E-state index contributed by atoms with van der Waals surface area (Å²) in [6.07, 6.45) is -1.04. The van der Waals surface area contributed by atoms with E-state index in [1.807, 2.05) is 0 Å². The summed E-state index contributed by atoms with van der Waals surface area (Å²) in [5.41, 5.74) is 0. The number of carbonyl (C=O) groups excluding carboxylic acids is 1.